The van der Waals surface area contributed by atoms with Crippen LogP contribution in [-0.4, -0.2) is 11.5 Å². The van der Waals surface area contributed by atoms with Crippen molar-refractivity contribution in [3.8, 4) is 0 Å². The molecule has 1 aromatic carbocycles. The Kier molecular flexibility index (Phi) is 2.40. The summed E-state index contributed by atoms with van der Waals surface area (Å²) in [7, 11) is 0. The molecule has 1 atom stereocenters. The van der Waals surface area contributed by atoms with Gasteiger partial charge in [0.2, 0.25) is 0 Å². The molecule has 0 saturated heterocycles. The van der Waals surface area contributed by atoms with E-state index >= 15 is 0 Å². The van der Waals surface area contributed by atoms with Crippen molar-refractivity contribution in [3.05, 3.63) is 29.3 Å². The second-order valence-corrected chi connectivity index (χ2v) is 4.93. The number of carbonyl (C=O) groups is 1. The van der Waals surface area contributed by atoms with Gasteiger partial charge in [-0.15, -0.1) is 11.8 Å². The standard InChI is InChI=1S/C11H12OS/c1-8-6-10-3-2-9(4-5-12)7-11(10)13-8/h2-3,5,7-8H,4,6H2,1H3. The van der Waals surface area contributed by atoms with Crippen LogP contribution in [0.1, 0.15) is 18.1 Å². The molecular weight excluding hydrogens is 180 g/mol. The molecule has 13 heavy (non-hydrogen) atoms. The number of carbonyl (C=O) groups excluding carboxylic acids is 1. The third-order valence-corrected chi connectivity index (χ3v) is 3.49. The molecule has 0 amide bonds. The van der Waals surface area contributed by atoms with E-state index in [4.69, 9.17) is 0 Å². The van der Waals surface area contributed by atoms with Crippen LogP contribution in [0.4, 0.5) is 0 Å². The van der Waals surface area contributed by atoms with Gasteiger partial charge in [0, 0.05) is 16.6 Å². The van der Waals surface area contributed by atoms with Gasteiger partial charge < -0.3 is 4.79 Å². The number of rotatable bonds is 2. The zero-order valence-corrected chi connectivity index (χ0v) is 8.43. The molecule has 1 heterocycles. The largest absolute Gasteiger partial charge is 0.303 e. The van der Waals surface area contributed by atoms with Crippen LogP contribution in [-0.2, 0) is 17.6 Å². The Morgan fingerprint density at radius 3 is 3.23 bits per heavy atom. The third kappa shape index (κ3) is 1.78. The van der Waals surface area contributed by atoms with Gasteiger partial charge in [0.05, 0.1) is 0 Å². The van der Waals surface area contributed by atoms with E-state index in [9.17, 15) is 4.79 Å². The fraction of sp³-hybridized carbons (Fsp3) is 0.364. The lowest BCUT2D eigenvalue weighted by atomic mass is 10.1. The number of fused-ring (bicyclic) bond motifs is 1. The topological polar surface area (TPSA) is 17.1 Å². The van der Waals surface area contributed by atoms with Crippen molar-refractivity contribution in [2.24, 2.45) is 0 Å². The van der Waals surface area contributed by atoms with Gasteiger partial charge in [0.1, 0.15) is 6.29 Å². The van der Waals surface area contributed by atoms with E-state index < -0.39 is 0 Å². The van der Waals surface area contributed by atoms with Crippen molar-refractivity contribution >= 4 is 18.0 Å². The smallest absolute Gasteiger partial charge is 0.124 e. The lowest BCUT2D eigenvalue weighted by Crippen LogP contribution is -1.91. The SMILES string of the molecule is CC1Cc2ccc(CC=O)cc2S1. The molecule has 0 bridgehead atoms. The molecule has 2 heteroatoms. The van der Waals surface area contributed by atoms with E-state index in [0.29, 0.717) is 11.7 Å². The molecule has 0 saturated carbocycles. The van der Waals surface area contributed by atoms with Crippen LogP contribution >= 0.6 is 11.8 Å². The normalized spacial score (nSPS) is 19.9. The Balaban J connectivity index is 2.29. The second kappa shape index (κ2) is 3.54. The lowest BCUT2D eigenvalue weighted by molar-refractivity contribution is -0.107. The van der Waals surface area contributed by atoms with Crippen LogP contribution < -0.4 is 0 Å². The highest BCUT2D eigenvalue weighted by Gasteiger charge is 2.17. The first-order chi connectivity index (χ1) is 6.29. The van der Waals surface area contributed by atoms with Gasteiger partial charge in [0.25, 0.3) is 0 Å². The maximum absolute atomic E-state index is 10.3. The van der Waals surface area contributed by atoms with Gasteiger partial charge >= 0.3 is 0 Å². The van der Waals surface area contributed by atoms with Gasteiger partial charge in [-0.1, -0.05) is 19.1 Å². The predicted molar refractivity (Wildman–Crippen MR) is 55.2 cm³/mol. The Morgan fingerprint density at radius 2 is 2.46 bits per heavy atom. The Hall–Kier alpha value is -0.760. The fourth-order valence-corrected chi connectivity index (χ4v) is 2.89. The fourth-order valence-electron chi connectivity index (χ4n) is 1.67. The van der Waals surface area contributed by atoms with Crippen LogP contribution in [0.2, 0.25) is 0 Å². The van der Waals surface area contributed by atoms with Crippen LogP contribution in [0.15, 0.2) is 23.1 Å². The van der Waals surface area contributed by atoms with E-state index in [1.54, 1.807) is 0 Å². The summed E-state index contributed by atoms with van der Waals surface area (Å²) in [6.45, 7) is 2.24. The first-order valence-corrected chi connectivity index (χ1v) is 5.39. The van der Waals surface area contributed by atoms with Crippen molar-refractivity contribution in [1.82, 2.24) is 0 Å². The van der Waals surface area contributed by atoms with E-state index in [-0.39, 0.29) is 0 Å². The summed E-state index contributed by atoms with van der Waals surface area (Å²) in [6, 6.07) is 6.37. The molecule has 68 valence electrons. The molecular formula is C11H12OS. The molecule has 1 aromatic rings. The summed E-state index contributed by atoms with van der Waals surface area (Å²) in [5, 5.41) is 0.696. The molecule has 0 fully saturated rings. The monoisotopic (exact) mass is 192 g/mol. The van der Waals surface area contributed by atoms with Gasteiger partial charge in [-0.2, -0.15) is 0 Å². The maximum Gasteiger partial charge on any atom is 0.124 e. The Morgan fingerprint density at radius 1 is 1.62 bits per heavy atom. The van der Waals surface area contributed by atoms with Crippen LogP contribution in [0.5, 0.6) is 0 Å². The van der Waals surface area contributed by atoms with E-state index in [1.165, 1.54) is 16.9 Å². The number of aldehydes is 1. The van der Waals surface area contributed by atoms with Crippen molar-refractivity contribution in [3.63, 3.8) is 0 Å². The molecule has 0 spiro atoms. The lowest BCUT2D eigenvalue weighted by Gasteiger charge is -1.99. The molecule has 0 aromatic heterocycles. The van der Waals surface area contributed by atoms with Crippen LogP contribution in [0.25, 0.3) is 0 Å². The van der Waals surface area contributed by atoms with Gasteiger partial charge in [0.15, 0.2) is 0 Å². The average molecular weight is 192 g/mol. The van der Waals surface area contributed by atoms with Crippen LogP contribution in [0.3, 0.4) is 0 Å². The van der Waals surface area contributed by atoms with E-state index in [1.807, 2.05) is 11.8 Å². The summed E-state index contributed by atoms with van der Waals surface area (Å²) in [5.74, 6) is 0. The molecule has 1 unspecified atom stereocenters. The highest BCUT2D eigenvalue weighted by Crippen LogP contribution is 2.37. The minimum Gasteiger partial charge on any atom is -0.303 e. The highest BCUT2D eigenvalue weighted by molar-refractivity contribution is 8.00. The molecule has 1 aliphatic rings. The Bertz CT molecular complexity index is 333. The quantitative estimate of drug-likeness (QED) is 0.670. The summed E-state index contributed by atoms with van der Waals surface area (Å²) in [5.41, 5.74) is 2.57. The summed E-state index contributed by atoms with van der Waals surface area (Å²) in [4.78, 5) is 11.7. The zero-order chi connectivity index (χ0) is 9.26. The predicted octanol–water partition coefficient (Wildman–Crippen LogP) is 2.46. The van der Waals surface area contributed by atoms with E-state index in [2.05, 4.69) is 25.1 Å². The minimum atomic E-state index is 0.544. The third-order valence-electron chi connectivity index (χ3n) is 2.29. The molecule has 0 radical (unpaired) electrons. The molecule has 0 aliphatic carbocycles. The first-order valence-electron chi connectivity index (χ1n) is 4.51. The van der Waals surface area contributed by atoms with E-state index in [0.717, 1.165) is 11.8 Å². The highest BCUT2D eigenvalue weighted by atomic mass is 32.2. The second-order valence-electron chi connectivity index (χ2n) is 3.45. The van der Waals surface area contributed by atoms with Gasteiger partial charge in [-0.05, 0) is 23.6 Å². The number of hydrogen-bond acceptors (Lipinski definition) is 2. The zero-order valence-electron chi connectivity index (χ0n) is 7.62. The Labute approximate surface area is 82.5 Å². The number of benzene rings is 1. The maximum atomic E-state index is 10.3. The molecule has 1 nitrogen and oxygen atoms in total. The number of thioether (sulfide) groups is 1. The van der Waals surface area contributed by atoms with Crippen molar-refractivity contribution in [2.45, 2.75) is 29.9 Å². The molecule has 0 N–H and O–H groups in total. The first kappa shape index (κ1) is 8.82. The average Bonchev–Trinajstić information content (AvgIpc) is 2.44. The van der Waals surface area contributed by atoms with Crippen LogP contribution in [0, 0.1) is 0 Å². The summed E-state index contributed by atoms with van der Waals surface area (Å²) < 4.78 is 0. The molecule has 2 rings (SSSR count). The number of hydrogen-bond donors (Lipinski definition) is 0. The summed E-state index contributed by atoms with van der Waals surface area (Å²) >= 11 is 1.92. The van der Waals surface area contributed by atoms with Gasteiger partial charge in [-0.25, -0.2) is 0 Å². The minimum absolute atomic E-state index is 0.544. The summed E-state index contributed by atoms with van der Waals surface area (Å²) in [6.07, 6.45) is 2.67. The van der Waals surface area contributed by atoms with Crippen molar-refractivity contribution < 1.29 is 4.79 Å². The van der Waals surface area contributed by atoms with Crippen molar-refractivity contribution in [2.75, 3.05) is 0 Å². The van der Waals surface area contributed by atoms with Crippen molar-refractivity contribution in [1.29, 1.82) is 0 Å². The van der Waals surface area contributed by atoms with Gasteiger partial charge in [-0.3, -0.25) is 0 Å². The molecule has 1 aliphatic heterocycles.